The van der Waals surface area contributed by atoms with Crippen LogP contribution in [0.4, 0.5) is 21.9 Å². The van der Waals surface area contributed by atoms with Crippen molar-refractivity contribution in [1.82, 2.24) is 4.98 Å². The van der Waals surface area contributed by atoms with Gasteiger partial charge in [0.25, 0.3) is 0 Å². The molecule has 53 heavy (non-hydrogen) atoms. The van der Waals surface area contributed by atoms with Crippen molar-refractivity contribution in [2.45, 2.75) is 54.8 Å². The lowest BCUT2D eigenvalue weighted by Crippen LogP contribution is -2.39. The van der Waals surface area contributed by atoms with Crippen LogP contribution in [0.25, 0.3) is 21.5 Å². The summed E-state index contributed by atoms with van der Waals surface area (Å²) in [5.41, 5.74) is 3.84. The Kier molecular flexibility index (Phi) is 11.5. The molecule has 9 nitrogen and oxygen atoms in total. The lowest BCUT2D eigenvalue weighted by molar-refractivity contribution is -0.120. The maximum atomic E-state index is 14.0. The summed E-state index contributed by atoms with van der Waals surface area (Å²) in [6.45, 7) is 2.60. The van der Waals surface area contributed by atoms with E-state index >= 15 is 0 Å². The zero-order chi connectivity index (χ0) is 37.1. The van der Waals surface area contributed by atoms with E-state index in [1.807, 2.05) is 79.7 Å². The van der Waals surface area contributed by atoms with E-state index in [9.17, 15) is 19.5 Å². The van der Waals surface area contributed by atoms with E-state index in [2.05, 4.69) is 10.3 Å². The number of benzene rings is 4. The van der Waals surface area contributed by atoms with Gasteiger partial charge in [-0.2, -0.15) is 0 Å². The van der Waals surface area contributed by atoms with Crippen molar-refractivity contribution in [3.05, 3.63) is 96.2 Å². The standard InChI is InChI=1S/C40H38Cl2N4O5S2/c1-24(52-53-36-13-6-7-16-43-36)23-51-40(50)44-32-18-33-31(27-9-2-3-10-28(27)32)17-26(21-42)46(33)38(49)15-8-14-37(48)45-22-25(20-41)39-30-12-5-4-11-29(30)35(47)19-34(39)45/h2-7,9-13,16,18-19,24-26,47H,8,14-15,17,20-23H2,1H3,(H,44,50). The quantitative estimate of drug-likeness (QED) is 0.0950. The Morgan fingerprint density at radius 2 is 1.64 bits per heavy atom. The van der Waals surface area contributed by atoms with Gasteiger partial charge in [-0.05, 0) is 70.7 Å². The number of nitrogens with one attached hydrogen (secondary N) is 1. The van der Waals surface area contributed by atoms with Crippen LogP contribution < -0.4 is 15.1 Å². The zero-order valence-electron chi connectivity index (χ0n) is 29.0. The molecule has 0 saturated heterocycles. The Balaban J connectivity index is 1.03. The van der Waals surface area contributed by atoms with Crippen LogP contribution in [0, 0.1) is 0 Å². The second-order valence-electron chi connectivity index (χ2n) is 13.2. The average molecular weight is 790 g/mol. The van der Waals surface area contributed by atoms with Crippen LogP contribution in [0.15, 0.2) is 90.1 Å². The topological polar surface area (TPSA) is 112 Å². The van der Waals surface area contributed by atoms with Gasteiger partial charge in [0.05, 0.1) is 17.4 Å². The number of hydrogen-bond acceptors (Lipinski definition) is 8. The van der Waals surface area contributed by atoms with E-state index in [-0.39, 0.29) is 60.1 Å². The van der Waals surface area contributed by atoms with Crippen LogP contribution in [0.5, 0.6) is 5.75 Å². The lowest BCUT2D eigenvalue weighted by Gasteiger charge is -2.25. The number of phenols is 1. The molecule has 0 bridgehead atoms. The molecule has 2 aliphatic rings. The Morgan fingerprint density at radius 3 is 2.38 bits per heavy atom. The number of fused-ring (bicyclic) bond motifs is 6. The summed E-state index contributed by atoms with van der Waals surface area (Å²) >= 11 is 12.8. The van der Waals surface area contributed by atoms with E-state index in [0.29, 0.717) is 42.3 Å². The number of phenolic OH excluding ortho intramolecular Hbond substituents is 1. The van der Waals surface area contributed by atoms with Gasteiger partial charge in [0.15, 0.2) is 0 Å². The van der Waals surface area contributed by atoms with Gasteiger partial charge in [-0.1, -0.05) is 65.4 Å². The van der Waals surface area contributed by atoms with Crippen LogP contribution in [0.3, 0.4) is 0 Å². The van der Waals surface area contributed by atoms with Crippen LogP contribution in [-0.2, 0) is 20.7 Å². The van der Waals surface area contributed by atoms with E-state index in [1.54, 1.807) is 32.9 Å². The summed E-state index contributed by atoms with van der Waals surface area (Å²) in [5, 5.41) is 18.0. The van der Waals surface area contributed by atoms with Crippen LogP contribution in [0.1, 0.15) is 43.2 Å². The lowest BCUT2D eigenvalue weighted by atomic mass is 9.95. The average Bonchev–Trinajstić information content (AvgIpc) is 3.75. The fraction of sp³-hybridized carbons (Fsp3) is 0.300. The van der Waals surface area contributed by atoms with Crippen LogP contribution in [0.2, 0.25) is 0 Å². The first-order chi connectivity index (χ1) is 25.8. The zero-order valence-corrected chi connectivity index (χ0v) is 32.1. The number of amides is 3. The Labute approximate surface area is 325 Å². The molecule has 5 aromatic rings. The first-order valence-corrected chi connectivity index (χ1v) is 20.8. The molecule has 4 aromatic carbocycles. The smallest absolute Gasteiger partial charge is 0.411 e. The van der Waals surface area contributed by atoms with Gasteiger partial charge in [-0.3, -0.25) is 14.9 Å². The van der Waals surface area contributed by atoms with E-state index in [4.69, 9.17) is 27.9 Å². The predicted molar refractivity (Wildman–Crippen MR) is 217 cm³/mol. The monoisotopic (exact) mass is 788 g/mol. The SMILES string of the molecule is CC(COC(=O)Nc1cc2c(c3ccccc13)CC(CCl)N2C(=O)CCCC(=O)N1CC(CCl)c2c1cc(O)c1ccccc21)SSc1ccccn1. The Bertz CT molecular complexity index is 2170. The van der Waals surface area contributed by atoms with Gasteiger partial charge >= 0.3 is 6.09 Å². The van der Waals surface area contributed by atoms with E-state index in [1.165, 1.54) is 10.8 Å². The van der Waals surface area contributed by atoms with Crippen molar-refractivity contribution >= 4 is 101 Å². The number of halogens is 2. The molecule has 1 aromatic heterocycles. The minimum atomic E-state index is -0.588. The fourth-order valence-corrected chi connectivity index (χ4v) is 9.64. The van der Waals surface area contributed by atoms with Crippen molar-refractivity contribution in [2.75, 3.05) is 40.0 Å². The number of pyridine rings is 1. The van der Waals surface area contributed by atoms with Gasteiger partial charge < -0.3 is 19.6 Å². The number of aromatic nitrogens is 1. The number of carbonyl (C=O) groups is 3. The highest BCUT2D eigenvalue weighted by Crippen LogP contribution is 2.46. The molecule has 0 radical (unpaired) electrons. The predicted octanol–water partition coefficient (Wildman–Crippen LogP) is 9.51. The maximum Gasteiger partial charge on any atom is 0.411 e. The molecule has 0 fully saturated rings. The summed E-state index contributed by atoms with van der Waals surface area (Å²) in [7, 11) is 3.10. The first kappa shape index (κ1) is 37.2. The number of carbonyl (C=O) groups excluding carboxylic acids is 3. The normalized spacial score (nSPS) is 16.8. The van der Waals surface area contributed by atoms with Gasteiger partial charge in [0.2, 0.25) is 11.8 Å². The molecule has 3 heterocycles. The summed E-state index contributed by atoms with van der Waals surface area (Å²) in [4.78, 5) is 48.4. The number of nitrogens with zero attached hydrogens (tertiary/aromatic N) is 3. The number of anilines is 3. The Morgan fingerprint density at radius 1 is 0.925 bits per heavy atom. The molecular formula is C40H38Cl2N4O5S2. The van der Waals surface area contributed by atoms with Crippen molar-refractivity contribution in [3.63, 3.8) is 0 Å². The fourth-order valence-electron chi connectivity index (χ4n) is 7.27. The van der Waals surface area contributed by atoms with Crippen molar-refractivity contribution in [1.29, 1.82) is 0 Å². The summed E-state index contributed by atoms with van der Waals surface area (Å²) in [6.07, 6.45) is 2.33. The third-order valence-electron chi connectivity index (χ3n) is 9.68. The summed E-state index contributed by atoms with van der Waals surface area (Å²) < 4.78 is 5.60. The third-order valence-corrected chi connectivity index (χ3v) is 13.2. The van der Waals surface area contributed by atoms with Gasteiger partial charge in [-0.15, -0.1) is 23.2 Å². The molecule has 3 atom stereocenters. The molecule has 0 spiro atoms. The van der Waals surface area contributed by atoms with Gasteiger partial charge in [-0.25, -0.2) is 9.78 Å². The highest BCUT2D eigenvalue weighted by molar-refractivity contribution is 8.76. The largest absolute Gasteiger partial charge is 0.507 e. The van der Waals surface area contributed by atoms with E-state index in [0.717, 1.165) is 37.7 Å². The number of ether oxygens (including phenoxy) is 1. The molecule has 3 unspecified atom stereocenters. The number of aromatic hydroxyl groups is 1. The molecule has 13 heteroatoms. The number of rotatable bonds is 12. The highest BCUT2D eigenvalue weighted by atomic mass is 35.5. The molecule has 274 valence electrons. The van der Waals surface area contributed by atoms with Crippen molar-refractivity contribution < 1.29 is 24.2 Å². The third kappa shape index (κ3) is 7.76. The van der Waals surface area contributed by atoms with Gasteiger partial charge in [0.1, 0.15) is 17.4 Å². The number of alkyl halides is 2. The molecular weight excluding hydrogens is 752 g/mol. The second-order valence-corrected chi connectivity index (χ2v) is 16.5. The van der Waals surface area contributed by atoms with Gasteiger partial charge in [0, 0.05) is 71.0 Å². The highest BCUT2D eigenvalue weighted by Gasteiger charge is 2.37. The molecule has 7 rings (SSSR count). The van der Waals surface area contributed by atoms with E-state index < -0.39 is 6.09 Å². The maximum absolute atomic E-state index is 14.0. The molecule has 3 amide bonds. The Hall–Kier alpha value is -4.16. The van der Waals surface area contributed by atoms with Crippen molar-refractivity contribution in [2.24, 2.45) is 0 Å². The number of hydrogen-bond donors (Lipinski definition) is 2. The molecule has 2 aliphatic heterocycles. The summed E-state index contributed by atoms with van der Waals surface area (Å²) in [5.74, 6) is 0.336. The summed E-state index contributed by atoms with van der Waals surface area (Å²) in [6, 6.07) is 24.3. The second kappa shape index (κ2) is 16.5. The minimum Gasteiger partial charge on any atom is -0.507 e. The molecule has 0 aliphatic carbocycles. The van der Waals surface area contributed by atoms with Crippen LogP contribution in [-0.4, -0.2) is 64.2 Å². The molecule has 0 saturated carbocycles. The minimum absolute atomic E-state index is 0.0167. The van der Waals surface area contributed by atoms with Crippen molar-refractivity contribution in [3.8, 4) is 5.75 Å². The molecule has 2 N–H and O–H groups in total. The van der Waals surface area contributed by atoms with Crippen LogP contribution >= 0.6 is 44.8 Å². The first-order valence-electron chi connectivity index (χ1n) is 17.5.